The lowest BCUT2D eigenvalue weighted by Crippen LogP contribution is -2.66. The minimum atomic E-state index is -2.58. The molecule has 1 saturated heterocycles. The molecule has 0 aromatic heterocycles. The van der Waals surface area contributed by atoms with E-state index in [2.05, 4.69) is 148 Å². The topological polar surface area (TPSA) is 18.5 Å². The summed E-state index contributed by atoms with van der Waals surface area (Å²) >= 11 is 0. The Morgan fingerprint density at radius 3 is 1.82 bits per heavy atom. The van der Waals surface area contributed by atoms with Crippen LogP contribution in [0.2, 0.25) is 5.04 Å². The maximum absolute atomic E-state index is 7.24. The van der Waals surface area contributed by atoms with Crippen LogP contribution in [0.1, 0.15) is 50.8 Å². The first-order chi connectivity index (χ1) is 19.5. The fraction of sp³-hybridized carbons (Fsp3) is 0.297. The van der Waals surface area contributed by atoms with E-state index in [9.17, 15) is 0 Å². The number of benzene rings is 4. The highest BCUT2D eigenvalue weighted by Gasteiger charge is 2.50. The summed E-state index contributed by atoms with van der Waals surface area (Å²) in [5, 5.41) is 2.60. The number of hydrogen-bond donors (Lipinski definition) is 0. The molecule has 2 nitrogen and oxygen atoms in total. The van der Waals surface area contributed by atoms with E-state index in [4.69, 9.17) is 9.16 Å². The zero-order valence-electron chi connectivity index (χ0n) is 24.1. The molecule has 4 aromatic carbocycles. The van der Waals surface area contributed by atoms with Crippen LogP contribution in [0.4, 0.5) is 0 Å². The Kier molecular flexibility index (Phi) is 9.16. The summed E-state index contributed by atoms with van der Waals surface area (Å²) in [5.74, 6) is 0.392. The molecule has 0 saturated carbocycles. The van der Waals surface area contributed by atoms with E-state index in [1.54, 1.807) is 0 Å². The molecule has 0 spiro atoms. The molecule has 5 rings (SSSR count). The van der Waals surface area contributed by atoms with E-state index in [0.717, 1.165) is 25.9 Å². The van der Waals surface area contributed by atoms with Gasteiger partial charge in [-0.2, -0.15) is 0 Å². The third-order valence-corrected chi connectivity index (χ3v) is 13.3. The Bertz CT molecular complexity index is 1310. The largest absolute Gasteiger partial charge is 0.404 e. The fourth-order valence-electron chi connectivity index (χ4n) is 6.20. The first-order valence-corrected chi connectivity index (χ1v) is 16.5. The van der Waals surface area contributed by atoms with Crippen molar-refractivity contribution in [1.29, 1.82) is 0 Å². The van der Waals surface area contributed by atoms with Gasteiger partial charge in [0.25, 0.3) is 8.32 Å². The zero-order chi connectivity index (χ0) is 27.8. The van der Waals surface area contributed by atoms with Crippen molar-refractivity contribution in [2.24, 2.45) is 5.92 Å². The second-order valence-electron chi connectivity index (χ2n) is 11.9. The summed E-state index contributed by atoms with van der Waals surface area (Å²) in [6.45, 7) is 8.38. The van der Waals surface area contributed by atoms with Gasteiger partial charge in [0.1, 0.15) is 0 Å². The molecule has 1 aliphatic rings. The first kappa shape index (κ1) is 28.3. The van der Waals surface area contributed by atoms with Crippen molar-refractivity contribution >= 4 is 18.7 Å². The minimum Gasteiger partial charge on any atom is -0.404 e. The molecular weight excluding hydrogens is 504 g/mol. The van der Waals surface area contributed by atoms with Crippen LogP contribution in [0.3, 0.4) is 0 Å². The van der Waals surface area contributed by atoms with Gasteiger partial charge in [0.15, 0.2) is 0 Å². The van der Waals surface area contributed by atoms with Gasteiger partial charge >= 0.3 is 0 Å². The average Bonchev–Trinajstić information content (AvgIpc) is 3.00. The molecule has 1 heterocycles. The molecule has 0 bridgehead atoms. The van der Waals surface area contributed by atoms with Crippen LogP contribution < -0.4 is 10.4 Å². The van der Waals surface area contributed by atoms with Crippen molar-refractivity contribution in [3.05, 3.63) is 144 Å². The van der Waals surface area contributed by atoms with Crippen molar-refractivity contribution in [3.8, 4) is 0 Å². The van der Waals surface area contributed by atoms with Crippen LogP contribution >= 0.6 is 0 Å². The molecule has 40 heavy (non-hydrogen) atoms. The quantitative estimate of drug-likeness (QED) is 0.157. The van der Waals surface area contributed by atoms with Gasteiger partial charge in [-0.15, -0.1) is 0 Å². The van der Waals surface area contributed by atoms with Gasteiger partial charge in [0.2, 0.25) is 0 Å². The number of rotatable bonds is 9. The summed E-state index contributed by atoms with van der Waals surface area (Å²) in [4.78, 5) is 0. The van der Waals surface area contributed by atoms with Crippen LogP contribution in [0.25, 0.3) is 0 Å². The first-order valence-electron chi connectivity index (χ1n) is 14.6. The molecule has 0 N–H and O–H groups in total. The monoisotopic (exact) mass is 546 g/mol. The number of hydrogen-bond acceptors (Lipinski definition) is 2. The summed E-state index contributed by atoms with van der Waals surface area (Å²) in [5.41, 5.74) is 4.10. The third kappa shape index (κ3) is 6.39. The Balaban J connectivity index is 1.44. The van der Waals surface area contributed by atoms with E-state index >= 15 is 0 Å². The van der Waals surface area contributed by atoms with Crippen molar-refractivity contribution < 1.29 is 9.16 Å². The van der Waals surface area contributed by atoms with Crippen LogP contribution in [-0.4, -0.2) is 21.5 Å². The van der Waals surface area contributed by atoms with E-state index in [0.29, 0.717) is 12.5 Å². The molecule has 206 valence electrons. The highest BCUT2D eigenvalue weighted by Crippen LogP contribution is 2.39. The molecule has 0 amide bonds. The maximum atomic E-state index is 7.24. The van der Waals surface area contributed by atoms with Gasteiger partial charge in [0, 0.05) is 5.92 Å². The lowest BCUT2D eigenvalue weighted by Gasteiger charge is -2.43. The molecule has 1 fully saturated rings. The molecule has 0 unspecified atom stereocenters. The van der Waals surface area contributed by atoms with E-state index in [-0.39, 0.29) is 11.1 Å². The third-order valence-electron chi connectivity index (χ3n) is 8.30. The lowest BCUT2D eigenvalue weighted by atomic mass is 9.85. The normalized spacial score (nSPS) is 19.0. The van der Waals surface area contributed by atoms with E-state index < -0.39 is 8.32 Å². The molecule has 3 heteroatoms. The van der Waals surface area contributed by atoms with Crippen molar-refractivity contribution in [1.82, 2.24) is 0 Å². The highest BCUT2D eigenvalue weighted by molar-refractivity contribution is 6.99. The number of ether oxygens (including phenoxy) is 1. The summed E-state index contributed by atoms with van der Waals surface area (Å²) in [6, 6.07) is 43.3. The second-order valence-corrected chi connectivity index (χ2v) is 16.2. The predicted octanol–water partition coefficient (Wildman–Crippen LogP) is 7.90. The van der Waals surface area contributed by atoms with Gasteiger partial charge in [-0.05, 0) is 45.8 Å². The average molecular weight is 547 g/mol. The zero-order valence-corrected chi connectivity index (χ0v) is 25.1. The van der Waals surface area contributed by atoms with E-state index in [1.165, 1.54) is 27.1 Å². The van der Waals surface area contributed by atoms with Crippen molar-refractivity contribution in [3.63, 3.8) is 0 Å². The van der Waals surface area contributed by atoms with Crippen LogP contribution in [-0.2, 0) is 15.6 Å². The van der Waals surface area contributed by atoms with Crippen molar-refractivity contribution in [2.75, 3.05) is 13.2 Å². The maximum Gasteiger partial charge on any atom is 0.261 e. The molecule has 0 radical (unpaired) electrons. The van der Waals surface area contributed by atoms with Gasteiger partial charge in [0.05, 0.1) is 19.3 Å². The summed E-state index contributed by atoms with van der Waals surface area (Å²) < 4.78 is 13.7. The standard InChI is InChI=1S/C37H42O2Si/c1-37(2,3)40(34-20-12-6-13-21-34,35-22-14-7-15-23-35)39-27-26-32-28-36(31-18-10-5-11-19-31)38-29-33(32)25-24-30-16-8-4-9-17-30/h4-23,26,33,36H,24-25,27-29H2,1-3H3/b32-26+/t33-,36-/m0/s1. The second kappa shape index (κ2) is 12.9. The molecular formula is C37H42O2Si. The number of aryl methyl sites for hydroxylation is 1. The minimum absolute atomic E-state index is 0.0385. The molecule has 0 aliphatic carbocycles. The molecule has 4 aromatic rings. The van der Waals surface area contributed by atoms with Crippen LogP contribution in [0.5, 0.6) is 0 Å². The van der Waals surface area contributed by atoms with Crippen LogP contribution in [0.15, 0.2) is 133 Å². The summed E-state index contributed by atoms with van der Waals surface area (Å²) in [7, 11) is -2.58. The Hall–Kier alpha value is -3.24. The molecule has 2 atom stereocenters. The van der Waals surface area contributed by atoms with Gasteiger partial charge in [-0.1, -0.05) is 154 Å². The predicted molar refractivity (Wildman–Crippen MR) is 170 cm³/mol. The lowest BCUT2D eigenvalue weighted by molar-refractivity contribution is 0.00659. The SMILES string of the molecule is CC(C)(C)[Si](OC/C=C1\C[C@@H](c2ccccc2)OC[C@@H]1CCc1ccccc1)(c1ccccc1)c1ccccc1. The van der Waals surface area contributed by atoms with Crippen molar-refractivity contribution in [2.45, 2.75) is 51.2 Å². The van der Waals surface area contributed by atoms with Gasteiger partial charge in [-0.25, -0.2) is 0 Å². The van der Waals surface area contributed by atoms with Gasteiger partial charge < -0.3 is 9.16 Å². The molecule has 1 aliphatic heterocycles. The Morgan fingerprint density at radius 1 is 0.750 bits per heavy atom. The van der Waals surface area contributed by atoms with Gasteiger partial charge in [-0.3, -0.25) is 0 Å². The highest BCUT2D eigenvalue weighted by atomic mass is 28.4. The smallest absolute Gasteiger partial charge is 0.261 e. The Morgan fingerprint density at radius 2 is 1.27 bits per heavy atom. The Labute approximate surface area is 241 Å². The van der Waals surface area contributed by atoms with E-state index in [1.807, 2.05) is 0 Å². The summed E-state index contributed by atoms with van der Waals surface area (Å²) in [6.07, 6.45) is 5.53. The fourth-order valence-corrected chi connectivity index (χ4v) is 10.7. The van der Waals surface area contributed by atoms with Crippen LogP contribution in [0, 0.1) is 5.92 Å².